The van der Waals surface area contributed by atoms with Crippen molar-refractivity contribution in [2.24, 2.45) is 5.92 Å². The molecule has 0 saturated carbocycles. The normalized spacial score (nSPS) is 24.0. The Balaban J connectivity index is 1.52. The molecule has 0 radical (unpaired) electrons. The summed E-state index contributed by atoms with van der Waals surface area (Å²) in [7, 11) is 0. The first-order valence-electron chi connectivity index (χ1n) is 9.37. The van der Waals surface area contributed by atoms with Gasteiger partial charge in [0.2, 0.25) is 5.91 Å². The number of ether oxygens (including phenoxy) is 1. The molecule has 1 aromatic carbocycles. The highest BCUT2D eigenvalue weighted by Gasteiger charge is 2.52. The first-order chi connectivity index (χ1) is 13.2. The van der Waals surface area contributed by atoms with Crippen LogP contribution in [-0.4, -0.2) is 52.0 Å². The van der Waals surface area contributed by atoms with Crippen LogP contribution in [0.2, 0.25) is 0 Å². The zero-order valence-corrected chi connectivity index (χ0v) is 18.6. The third-order valence-electron chi connectivity index (χ3n) is 4.76. The van der Waals surface area contributed by atoms with Crippen LogP contribution in [0.15, 0.2) is 28.7 Å². The van der Waals surface area contributed by atoms with E-state index >= 15 is 0 Å². The Kier molecular flexibility index (Phi) is 6.39. The zero-order valence-electron chi connectivity index (χ0n) is 16.2. The number of benzene rings is 1. The van der Waals surface area contributed by atoms with Gasteiger partial charge in [-0.05, 0) is 45.7 Å². The minimum Gasteiger partial charge on any atom is -0.444 e. The first-order valence-corrected chi connectivity index (χ1v) is 11.1. The van der Waals surface area contributed by atoms with Crippen LogP contribution in [0.25, 0.3) is 0 Å². The molecule has 2 aliphatic heterocycles. The number of nitrogens with zero attached hydrogens (tertiary/aromatic N) is 1. The van der Waals surface area contributed by atoms with Gasteiger partial charge in [-0.3, -0.25) is 14.5 Å². The van der Waals surface area contributed by atoms with Crippen molar-refractivity contribution < 1.29 is 19.1 Å². The summed E-state index contributed by atoms with van der Waals surface area (Å²) >= 11 is 4.81. The molecule has 2 aliphatic rings. The summed E-state index contributed by atoms with van der Waals surface area (Å²) in [6.07, 6.45) is 1.43. The topological polar surface area (TPSA) is 75.7 Å². The molecule has 2 heterocycles. The van der Waals surface area contributed by atoms with E-state index in [0.29, 0.717) is 12.1 Å². The lowest BCUT2D eigenvalue weighted by Gasteiger charge is -2.51. The number of rotatable bonds is 4. The standard InChI is InChI=1S/C20H25BrN2O4S/c1-20(2,3)27-19(26)23-10-4-5-14-16(28-18(14)23)17(25)22-11-15(24)12-6-8-13(21)9-7-12/h6-9,14,16,18H,4-5,10-11H2,1-3H3,(H,22,25)/t14?,16-,18?/m0/s1. The molecule has 28 heavy (non-hydrogen) atoms. The lowest BCUT2D eigenvalue weighted by atomic mass is 9.92. The van der Waals surface area contributed by atoms with E-state index < -0.39 is 5.60 Å². The van der Waals surface area contributed by atoms with Crippen LogP contribution in [0.3, 0.4) is 0 Å². The minimum absolute atomic E-state index is 0.0231. The number of ketones is 1. The number of likely N-dealkylation sites (tertiary alicyclic amines) is 1. The Morgan fingerprint density at radius 1 is 1.25 bits per heavy atom. The van der Waals surface area contributed by atoms with Gasteiger partial charge in [-0.25, -0.2) is 4.79 Å². The van der Waals surface area contributed by atoms with Crippen molar-refractivity contribution in [3.8, 4) is 0 Å². The second-order valence-electron chi connectivity index (χ2n) is 8.07. The van der Waals surface area contributed by atoms with Gasteiger partial charge in [-0.15, -0.1) is 11.8 Å². The fourth-order valence-corrected chi connectivity index (χ4v) is 5.23. The molecule has 0 aliphatic carbocycles. The van der Waals surface area contributed by atoms with E-state index in [1.54, 1.807) is 29.2 Å². The van der Waals surface area contributed by atoms with Gasteiger partial charge in [-0.1, -0.05) is 28.1 Å². The fraction of sp³-hybridized carbons (Fsp3) is 0.550. The zero-order chi connectivity index (χ0) is 20.5. The van der Waals surface area contributed by atoms with E-state index in [1.165, 1.54) is 11.8 Å². The summed E-state index contributed by atoms with van der Waals surface area (Å²) in [5.74, 6) is -0.155. The number of carbonyl (C=O) groups excluding carboxylic acids is 3. The lowest BCUT2D eigenvalue weighted by Crippen LogP contribution is -2.60. The van der Waals surface area contributed by atoms with E-state index in [9.17, 15) is 14.4 Å². The predicted molar refractivity (Wildman–Crippen MR) is 112 cm³/mol. The molecule has 1 aromatic rings. The van der Waals surface area contributed by atoms with Crippen molar-refractivity contribution in [2.75, 3.05) is 13.1 Å². The molecule has 3 rings (SSSR count). The average Bonchev–Trinajstić information content (AvgIpc) is 2.59. The van der Waals surface area contributed by atoms with Crippen molar-refractivity contribution in [3.05, 3.63) is 34.3 Å². The Labute approximate surface area is 177 Å². The van der Waals surface area contributed by atoms with Crippen LogP contribution >= 0.6 is 27.7 Å². The number of hydrogen-bond donors (Lipinski definition) is 1. The van der Waals surface area contributed by atoms with Gasteiger partial charge in [0, 0.05) is 22.5 Å². The Morgan fingerprint density at radius 3 is 2.57 bits per heavy atom. The third kappa shape index (κ3) is 4.89. The Morgan fingerprint density at radius 2 is 1.93 bits per heavy atom. The van der Waals surface area contributed by atoms with Crippen LogP contribution < -0.4 is 5.32 Å². The van der Waals surface area contributed by atoms with Gasteiger partial charge in [0.25, 0.3) is 0 Å². The molecule has 0 bridgehead atoms. The molecular formula is C20H25BrN2O4S. The molecule has 2 fully saturated rings. The predicted octanol–water partition coefficient (Wildman–Crippen LogP) is 3.84. The first kappa shape index (κ1) is 21.2. The molecule has 8 heteroatoms. The summed E-state index contributed by atoms with van der Waals surface area (Å²) in [6.45, 7) is 6.17. The van der Waals surface area contributed by atoms with E-state index in [-0.39, 0.29) is 40.9 Å². The number of fused-ring (bicyclic) bond motifs is 1. The van der Waals surface area contributed by atoms with Crippen LogP contribution in [0.5, 0.6) is 0 Å². The molecule has 2 saturated heterocycles. The molecule has 2 unspecified atom stereocenters. The highest BCUT2D eigenvalue weighted by atomic mass is 79.9. The molecular weight excluding hydrogens is 444 g/mol. The van der Waals surface area contributed by atoms with Crippen LogP contribution in [-0.2, 0) is 9.53 Å². The van der Waals surface area contributed by atoms with E-state index in [0.717, 1.165) is 17.3 Å². The number of halogens is 1. The maximum absolute atomic E-state index is 12.5. The monoisotopic (exact) mass is 468 g/mol. The second kappa shape index (κ2) is 8.45. The van der Waals surface area contributed by atoms with Gasteiger partial charge in [-0.2, -0.15) is 0 Å². The summed E-state index contributed by atoms with van der Waals surface area (Å²) in [4.78, 5) is 38.9. The Bertz CT molecular complexity index is 762. The van der Waals surface area contributed by atoms with E-state index in [1.807, 2.05) is 20.8 Å². The van der Waals surface area contributed by atoms with Crippen LogP contribution in [0.4, 0.5) is 4.79 Å². The fourth-order valence-electron chi connectivity index (χ4n) is 3.41. The van der Waals surface area contributed by atoms with Gasteiger partial charge >= 0.3 is 6.09 Å². The smallest absolute Gasteiger partial charge is 0.411 e. The second-order valence-corrected chi connectivity index (χ2v) is 10.3. The summed E-state index contributed by atoms with van der Waals surface area (Å²) in [5.41, 5.74) is 0.0270. The summed E-state index contributed by atoms with van der Waals surface area (Å²) in [6, 6.07) is 7.06. The van der Waals surface area contributed by atoms with E-state index in [4.69, 9.17) is 4.74 Å². The maximum atomic E-state index is 12.5. The quantitative estimate of drug-likeness (QED) is 0.679. The number of Topliss-reactive ketones (excluding diaryl/α,β-unsaturated/α-hetero) is 1. The van der Waals surface area contributed by atoms with Crippen LogP contribution in [0, 0.1) is 5.92 Å². The van der Waals surface area contributed by atoms with Crippen molar-refractivity contribution in [2.45, 2.75) is 49.8 Å². The van der Waals surface area contributed by atoms with Crippen molar-refractivity contribution >= 4 is 45.5 Å². The molecule has 3 atom stereocenters. The molecule has 2 amide bonds. The number of nitrogens with one attached hydrogen (secondary N) is 1. The molecule has 152 valence electrons. The molecule has 6 nitrogen and oxygen atoms in total. The SMILES string of the molecule is CC(C)(C)OC(=O)N1CCCC2C1S[C@@H]2C(=O)NCC(=O)c1ccc(Br)cc1. The summed E-state index contributed by atoms with van der Waals surface area (Å²) in [5, 5.41) is 2.50. The highest BCUT2D eigenvalue weighted by molar-refractivity contribution is 9.10. The van der Waals surface area contributed by atoms with Crippen molar-refractivity contribution in [1.29, 1.82) is 0 Å². The van der Waals surface area contributed by atoms with Gasteiger partial charge < -0.3 is 10.1 Å². The minimum atomic E-state index is -0.539. The van der Waals surface area contributed by atoms with E-state index in [2.05, 4.69) is 21.2 Å². The number of carbonyl (C=O) groups is 3. The maximum Gasteiger partial charge on any atom is 0.411 e. The highest BCUT2D eigenvalue weighted by Crippen LogP contribution is 2.49. The van der Waals surface area contributed by atoms with Gasteiger partial charge in [0.05, 0.1) is 17.2 Å². The number of amides is 2. The van der Waals surface area contributed by atoms with Crippen molar-refractivity contribution in [1.82, 2.24) is 10.2 Å². The lowest BCUT2D eigenvalue weighted by molar-refractivity contribution is -0.122. The number of thioether (sulfide) groups is 1. The van der Waals surface area contributed by atoms with Crippen LogP contribution in [0.1, 0.15) is 44.0 Å². The number of hydrogen-bond acceptors (Lipinski definition) is 5. The van der Waals surface area contributed by atoms with Gasteiger partial charge in [0.15, 0.2) is 5.78 Å². The Hall–Kier alpha value is -1.54. The summed E-state index contributed by atoms with van der Waals surface area (Å²) < 4.78 is 6.39. The molecule has 0 spiro atoms. The third-order valence-corrected chi connectivity index (χ3v) is 7.03. The van der Waals surface area contributed by atoms with Gasteiger partial charge in [0.1, 0.15) is 5.60 Å². The number of piperidine rings is 1. The average molecular weight is 469 g/mol. The largest absolute Gasteiger partial charge is 0.444 e. The molecule has 1 N–H and O–H groups in total. The van der Waals surface area contributed by atoms with Crippen molar-refractivity contribution in [3.63, 3.8) is 0 Å². The molecule has 0 aromatic heterocycles.